The van der Waals surface area contributed by atoms with E-state index in [4.69, 9.17) is 10.00 Å². The highest BCUT2D eigenvalue weighted by Gasteiger charge is 2.10. The van der Waals surface area contributed by atoms with Gasteiger partial charge in [0.05, 0.1) is 7.11 Å². The Morgan fingerprint density at radius 2 is 2.05 bits per heavy atom. The second-order valence-electron chi connectivity index (χ2n) is 4.01. The molecule has 0 atom stereocenters. The summed E-state index contributed by atoms with van der Waals surface area (Å²) in [5.41, 5.74) is 1.13. The molecule has 0 bridgehead atoms. The molecule has 0 aliphatic carbocycles. The zero-order valence-electron chi connectivity index (χ0n) is 10.6. The molecule has 0 aromatic heterocycles. The molecule has 0 saturated heterocycles. The van der Waals surface area contributed by atoms with Gasteiger partial charge in [0.15, 0.2) is 0 Å². The standard InChI is InChI=1S/C15H12FNOS/c1-10-6-11(18-2)8-12(7-10)19-15-5-3-4-14(16)13(15)9-17/h3-8H,1-2H3. The lowest BCUT2D eigenvalue weighted by Gasteiger charge is -2.08. The third-order valence-electron chi connectivity index (χ3n) is 2.58. The molecule has 0 radical (unpaired) electrons. The summed E-state index contributed by atoms with van der Waals surface area (Å²) in [7, 11) is 1.60. The predicted molar refractivity (Wildman–Crippen MR) is 73.0 cm³/mol. The van der Waals surface area contributed by atoms with E-state index in [0.717, 1.165) is 16.2 Å². The van der Waals surface area contributed by atoms with Crippen LogP contribution >= 0.6 is 11.8 Å². The fourth-order valence-electron chi connectivity index (χ4n) is 1.72. The maximum Gasteiger partial charge on any atom is 0.142 e. The zero-order chi connectivity index (χ0) is 13.8. The quantitative estimate of drug-likeness (QED) is 0.841. The summed E-state index contributed by atoms with van der Waals surface area (Å²) >= 11 is 1.35. The minimum Gasteiger partial charge on any atom is -0.497 e. The Labute approximate surface area is 115 Å². The molecule has 96 valence electrons. The fourth-order valence-corrected chi connectivity index (χ4v) is 2.78. The lowest BCUT2D eigenvalue weighted by atomic mass is 10.2. The Balaban J connectivity index is 2.39. The van der Waals surface area contributed by atoms with Crippen molar-refractivity contribution in [2.45, 2.75) is 16.7 Å². The van der Waals surface area contributed by atoms with Gasteiger partial charge in [-0.1, -0.05) is 17.8 Å². The first kappa shape index (κ1) is 13.4. The van der Waals surface area contributed by atoms with Crippen molar-refractivity contribution >= 4 is 11.8 Å². The van der Waals surface area contributed by atoms with Crippen LogP contribution in [0.5, 0.6) is 5.75 Å². The summed E-state index contributed by atoms with van der Waals surface area (Å²) in [5, 5.41) is 9.00. The van der Waals surface area contributed by atoms with Crippen LogP contribution in [0.3, 0.4) is 0 Å². The Hall–Kier alpha value is -1.99. The molecular weight excluding hydrogens is 261 g/mol. The summed E-state index contributed by atoms with van der Waals surface area (Å²) in [6, 6.07) is 12.3. The minimum absolute atomic E-state index is 0.0768. The zero-order valence-corrected chi connectivity index (χ0v) is 11.4. The molecule has 19 heavy (non-hydrogen) atoms. The summed E-state index contributed by atoms with van der Waals surface area (Å²) in [6.07, 6.45) is 0. The van der Waals surface area contributed by atoms with Gasteiger partial charge in [-0.2, -0.15) is 5.26 Å². The number of hydrogen-bond donors (Lipinski definition) is 0. The fraction of sp³-hybridized carbons (Fsp3) is 0.133. The lowest BCUT2D eigenvalue weighted by Crippen LogP contribution is -1.88. The number of aryl methyl sites for hydroxylation is 1. The van der Waals surface area contributed by atoms with Gasteiger partial charge in [-0.25, -0.2) is 4.39 Å². The van der Waals surface area contributed by atoms with Gasteiger partial charge in [0, 0.05) is 9.79 Å². The third kappa shape index (κ3) is 3.07. The molecule has 2 aromatic carbocycles. The predicted octanol–water partition coefficient (Wildman–Crippen LogP) is 4.17. The molecule has 2 nitrogen and oxygen atoms in total. The van der Waals surface area contributed by atoms with Crippen molar-refractivity contribution in [3.05, 3.63) is 53.3 Å². The number of halogens is 1. The number of nitriles is 1. The Morgan fingerprint density at radius 1 is 1.26 bits per heavy atom. The van der Waals surface area contributed by atoms with Crippen molar-refractivity contribution in [2.24, 2.45) is 0 Å². The van der Waals surface area contributed by atoms with E-state index in [1.807, 2.05) is 31.2 Å². The van der Waals surface area contributed by atoms with E-state index in [9.17, 15) is 4.39 Å². The van der Waals surface area contributed by atoms with Crippen LogP contribution in [0.25, 0.3) is 0 Å². The Kier molecular flexibility index (Phi) is 4.08. The summed E-state index contributed by atoms with van der Waals surface area (Å²) in [4.78, 5) is 1.52. The van der Waals surface area contributed by atoms with Gasteiger partial charge >= 0.3 is 0 Å². The van der Waals surface area contributed by atoms with Crippen LogP contribution in [-0.2, 0) is 0 Å². The van der Waals surface area contributed by atoms with Crippen LogP contribution in [0, 0.1) is 24.1 Å². The van der Waals surface area contributed by atoms with Crippen LogP contribution < -0.4 is 4.74 Å². The maximum atomic E-state index is 13.5. The highest BCUT2D eigenvalue weighted by molar-refractivity contribution is 7.99. The van der Waals surface area contributed by atoms with Gasteiger partial charge in [-0.05, 0) is 42.8 Å². The molecule has 0 N–H and O–H groups in total. The number of rotatable bonds is 3. The van der Waals surface area contributed by atoms with Crippen LogP contribution in [0.1, 0.15) is 11.1 Å². The molecule has 0 fully saturated rings. The van der Waals surface area contributed by atoms with Crippen molar-refractivity contribution in [3.8, 4) is 11.8 Å². The molecule has 2 rings (SSSR count). The topological polar surface area (TPSA) is 33.0 Å². The number of hydrogen-bond acceptors (Lipinski definition) is 3. The number of benzene rings is 2. The summed E-state index contributed by atoms with van der Waals surface area (Å²) < 4.78 is 18.7. The molecule has 0 saturated carbocycles. The molecule has 4 heteroatoms. The molecule has 2 aromatic rings. The number of nitrogens with zero attached hydrogens (tertiary/aromatic N) is 1. The minimum atomic E-state index is -0.493. The second kappa shape index (κ2) is 5.77. The molecule has 0 amide bonds. The van der Waals surface area contributed by atoms with Gasteiger partial charge in [-0.15, -0.1) is 0 Å². The number of methoxy groups -OCH3 is 1. The average molecular weight is 273 g/mol. The smallest absolute Gasteiger partial charge is 0.142 e. The normalized spacial score (nSPS) is 10.0. The van der Waals surface area contributed by atoms with E-state index in [2.05, 4.69) is 0 Å². The van der Waals surface area contributed by atoms with Crippen molar-refractivity contribution in [2.75, 3.05) is 7.11 Å². The van der Waals surface area contributed by atoms with Crippen molar-refractivity contribution in [1.29, 1.82) is 5.26 Å². The largest absolute Gasteiger partial charge is 0.497 e. The molecular formula is C15H12FNOS. The lowest BCUT2D eigenvalue weighted by molar-refractivity contribution is 0.413. The SMILES string of the molecule is COc1cc(C)cc(Sc2cccc(F)c2C#N)c1. The van der Waals surface area contributed by atoms with Gasteiger partial charge in [0.1, 0.15) is 23.2 Å². The number of ether oxygens (including phenoxy) is 1. The Morgan fingerprint density at radius 3 is 2.74 bits per heavy atom. The van der Waals surface area contributed by atoms with Crippen molar-refractivity contribution in [1.82, 2.24) is 0 Å². The molecule has 0 spiro atoms. The van der Waals surface area contributed by atoms with E-state index in [1.54, 1.807) is 19.2 Å². The van der Waals surface area contributed by atoms with Crippen LogP contribution in [0.2, 0.25) is 0 Å². The van der Waals surface area contributed by atoms with E-state index < -0.39 is 5.82 Å². The molecule has 0 unspecified atom stereocenters. The van der Waals surface area contributed by atoms with E-state index in [-0.39, 0.29) is 5.56 Å². The summed E-state index contributed by atoms with van der Waals surface area (Å²) in [5.74, 6) is 0.254. The molecule has 0 aliphatic rings. The third-order valence-corrected chi connectivity index (χ3v) is 3.61. The van der Waals surface area contributed by atoms with E-state index in [0.29, 0.717) is 4.90 Å². The Bertz CT molecular complexity index is 649. The van der Waals surface area contributed by atoms with Crippen LogP contribution in [-0.4, -0.2) is 7.11 Å². The van der Waals surface area contributed by atoms with Crippen LogP contribution in [0.15, 0.2) is 46.2 Å². The van der Waals surface area contributed by atoms with Gasteiger partial charge in [0.2, 0.25) is 0 Å². The van der Waals surface area contributed by atoms with Crippen LogP contribution in [0.4, 0.5) is 4.39 Å². The highest BCUT2D eigenvalue weighted by atomic mass is 32.2. The highest BCUT2D eigenvalue weighted by Crippen LogP contribution is 2.33. The first-order valence-corrected chi connectivity index (χ1v) is 6.48. The molecule has 0 aliphatic heterocycles. The van der Waals surface area contributed by atoms with E-state index in [1.165, 1.54) is 17.8 Å². The van der Waals surface area contributed by atoms with Crippen molar-refractivity contribution < 1.29 is 9.13 Å². The first-order valence-electron chi connectivity index (χ1n) is 5.66. The second-order valence-corrected chi connectivity index (χ2v) is 5.13. The van der Waals surface area contributed by atoms with Crippen molar-refractivity contribution in [3.63, 3.8) is 0 Å². The van der Waals surface area contributed by atoms with Gasteiger partial charge in [-0.3, -0.25) is 0 Å². The average Bonchev–Trinajstić information content (AvgIpc) is 2.38. The molecule has 0 heterocycles. The maximum absolute atomic E-state index is 13.5. The summed E-state index contributed by atoms with van der Waals surface area (Å²) in [6.45, 7) is 1.96. The van der Waals surface area contributed by atoms with Gasteiger partial charge < -0.3 is 4.74 Å². The monoisotopic (exact) mass is 273 g/mol. The van der Waals surface area contributed by atoms with E-state index >= 15 is 0 Å². The van der Waals surface area contributed by atoms with Gasteiger partial charge in [0.25, 0.3) is 0 Å². The first-order chi connectivity index (χ1) is 9.13.